The van der Waals surface area contributed by atoms with Crippen molar-refractivity contribution in [3.63, 3.8) is 0 Å². The molecule has 0 atom stereocenters. The molecule has 0 bridgehead atoms. The van der Waals surface area contributed by atoms with Crippen LogP contribution in [0.25, 0.3) is 10.9 Å². The Kier molecular flexibility index (Phi) is 6.52. The molecule has 0 radical (unpaired) electrons. The van der Waals surface area contributed by atoms with Crippen LogP contribution in [0, 0.1) is 12.7 Å². The minimum absolute atomic E-state index is 0.221. The van der Waals surface area contributed by atoms with Crippen molar-refractivity contribution in [2.24, 2.45) is 0 Å². The summed E-state index contributed by atoms with van der Waals surface area (Å²) in [5.74, 6) is 0.624. The van der Waals surface area contributed by atoms with E-state index in [1.54, 1.807) is 19.2 Å². The first-order valence-corrected chi connectivity index (χ1v) is 9.85. The Morgan fingerprint density at radius 2 is 2.04 bits per heavy atom. The van der Waals surface area contributed by atoms with Gasteiger partial charge >= 0.3 is 0 Å². The molecular weight excluding hydrogens is 373 g/mol. The number of aromatic nitrogens is 1. The second-order valence-corrected chi connectivity index (χ2v) is 7.12. The predicted octanol–water partition coefficient (Wildman–Crippen LogP) is 4.56. The quantitative estimate of drug-likeness (QED) is 0.571. The van der Waals surface area contributed by atoms with Crippen molar-refractivity contribution < 1.29 is 9.13 Å². The number of para-hydroxylation sites is 1. The van der Waals surface area contributed by atoms with Crippen molar-refractivity contribution >= 4 is 28.2 Å². The molecule has 0 aliphatic carbocycles. The van der Waals surface area contributed by atoms with Gasteiger partial charge in [-0.1, -0.05) is 18.2 Å². The number of aromatic amines is 1. The number of ether oxygens (including phenoxy) is 1. The minimum Gasteiger partial charge on any atom is -0.496 e. The Morgan fingerprint density at radius 1 is 1.25 bits per heavy atom. The Balaban J connectivity index is 1.83. The van der Waals surface area contributed by atoms with Crippen LogP contribution in [0.3, 0.4) is 0 Å². The van der Waals surface area contributed by atoms with Gasteiger partial charge in [0, 0.05) is 41.8 Å². The third-order valence-corrected chi connectivity index (χ3v) is 5.28. The molecule has 0 saturated heterocycles. The van der Waals surface area contributed by atoms with Crippen molar-refractivity contribution in [1.82, 2.24) is 15.2 Å². The first-order valence-electron chi connectivity index (χ1n) is 9.44. The molecule has 0 saturated carbocycles. The van der Waals surface area contributed by atoms with Crippen molar-refractivity contribution in [2.75, 3.05) is 20.2 Å². The van der Waals surface area contributed by atoms with Gasteiger partial charge < -0.3 is 19.9 Å². The van der Waals surface area contributed by atoms with Crippen molar-refractivity contribution in [1.29, 1.82) is 0 Å². The maximum atomic E-state index is 13.8. The summed E-state index contributed by atoms with van der Waals surface area (Å²) in [4.78, 5) is 5.48. The van der Waals surface area contributed by atoms with Crippen LogP contribution in [0.15, 0.2) is 42.5 Å². The maximum Gasteiger partial charge on any atom is 0.169 e. The smallest absolute Gasteiger partial charge is 0.169 e. The molecule has 0 aliphatic rings. The molecule has 1 heterocycles. The van der Waals surface area contributed by atoms with Gasteiger partial charge in [0.05, 0.1) is 7.11 Å². The van der Waals surface area contributed by atoms with Crippen LogP contribution >= 0.6 is 12.2 Å². The van der Waals surface area contributed by atoms with E-state index in [0.717, 1.165) is 46.4 Å². The lowest BCUT2D eigenvalue weighted by Crippen LogP contribution is -2.40. The molecule has 0 aliphatic heterocycles. The summed E-state index contributed by atoms with van der Waals surface area (Å²) in [6, 6.07) is 12.8. The lowest BCUT2D eigenvalue weighted by atomic mass is 10.1. The molecule has 3 rings (SSSR count). The van der Waals surface area contributed by atoms with Crippen LogP contribution in [-0.4, -0.2) is 35.2 Å². The molecule has 2 N–H and O–H groups in total. The van der Waals surface area contributed by atoms with Gasteiger partial charge in [-0.25, -0.2) is 4.39 Å². The fourth-order valence-corrected chi connectivity index (χ4v) is 3.78. The lowest BCUT2D eigenvalue weighted by Gasteiger charge is -2.26. The highest BCUT2D eigenvalue weighted by atomic mass is 32.1. The third kappa shape index (κ3) is 4.44. The standard InChI is InChI=1S/C22H26FN3OS/c1-4-24-22(28)26(14-16-7-5-6-8-21(16)27-3)12-11-18-15(2)25-20-10-9-17(23)13-19(18)20/h5-10,13,25H,4,11-12,14H2,1-3H3,(H,24,28). The topological polar surface area (TPSA) is 40.3 Å². The summed E-state index contributed by atoms with van der Waals surface area (Å²) in [5, 5.41) is 4.88. The van der Waals surface area contributed by atoms with Gasteiger partial charge in [0.2, 0.25) is 0 Å². The summed E-state index contributed by atoms with van der Waals surface area (Å²) in [7, 11) is 1.68. The Morgan fingerprint density at radius 3 is 2.79 bits per heavy atom. The molecule has 0 amide bonds. The molecule has 2 aromatic carbocycles. The van der Waals surface area contributed by atoms with Crippen LogP contribution in [-0.2, 0) is 13.0 Å². The zero-order valence-corrected chi connectivity index (χ0v) is 17.3. The molecule has 28 heavy (non-hydrogen) atoms. The first-order chi connectivity index (χ1) is 13.5. The second-order valence-electron chi connectivity index (χ2n) is 6.74. The monoisotopic (exact) mass is 399 g/mol. The zero-order valence-electron chi connectivity index (χ0n) is 16.5. The van der Waals surface area contributed by atoms with Gasteiger partial charge in [0.15, 0.2) is 5.11 Å². The highest BCUT2D eigenvalue weighted by molar-refractivity contribution is 7.80. The SMILES string of the molecule is CCNC(=S)N(CCc1c(C)[nH]c2ccc(F)cc12)Cc1ccccc1OC. The predicted molar refractivity (Wildman–Crippen MR) is 116 cm³/mol. The largest absolute Gasteiger partial charge is 0.496 e. The van der Waals surface area contributed by atoms with E-state index in [1.165, 1.54) is 6.07 Å². The van der Waals surface area contributed by atoms with E-state index in [-0.39, 0.29) is 5.82 Å². The average molecular weight is 400 g/mol. The number of aryl methyl sites for hydroxylation is 1. The number of fused-ring (bicyclic) bond motifs is 1. The van der Waals surface area contributed by atoms with E-state index >= 15 is 0 Å². The number of halogens is 1. The highest BCUT2D eigenvalue weighted by Gasteiger charge is 2.15. The van der Waals surface area contributed by atoms with Crippen LogP contribution in [0.2, 0.25) is 0 Å². The Labute approximate surface area is 170 Å². The van der Waals surface area contributed by atoms with E-state index in [9.17, 15) is 4.39 Å². The second kappa shape index (κ2) is 9.06. The molecular formula is C22H26FN3OS. The van der Waals surface area contributed by atoms with Crippen LogP contribution < -0.4 is 10.1 Å². The number of rotatable bonds is 7. The third-order valence-electron chi connectivity index (χ3n) is 4.88. The lowest BCUT2D eigenvalue weighted by molar-refractivity contribution is 0.378. The van der Waals surface area contributed by atoms with Crippen molar-refractivity contribution in [2.45, 2.75) is 26.8 Å². The number of nitrogens with zero attached hydrogens (tertiary/aromatic N) is 1. The molecule has 0 spiro atoms. The fourth-order valence-electron chi connectivity index (χ4n) is 3.48. The van der Waals surface area contributed by atoms with Crippen molar-refractivity contribution in [3.8, 4) is 5.75 Å². The number of nitrogens with one attached hydrogen (secondary N) is 2. The van der Waals surface area contributed by atoms with Gasteiger partial charge in [-0.05, 0) is 62.3 Å². The van der Waals surface area contributed by atoms with Crippen LogP contribution in [0.4, 0.5) is 4.39 Å². The highest BCUT2D eigenvalue weighted by Crippen LogP contribution is 2.25. The minimum atomic E-state index is -0.221. The summed E-state index contributed by atoms with van der Waals surface area (Å²) in [6.07, 6.45) is 0.760. The molecule has 1 aromatic heterocycles. The zero-order chi connectivity index (χ0) is 20.1. The molecule has 148 valence electrons. The van der Waals surface area contributed by atoms with Crippen LogP contribution in [0.5, 0.6) is 5.75 Å². The Hall–Kier alpha value is -2.60. The molecule has 0 unspecified atom stereocenters. The fraction of sp³-hybridized carbons (Fsp3) is 0.318. The molecule has 0 fully saturated rings. The number of thiocarbonyl (C=S) groups is 1. The number of H-pyrrole nitrogens is 1. The van der Waals surface area contributed by atoms with E-state index in [0.29, 0.717) is 18.2 Å². The van der Waals surface area contributed by atoms with Gasteiger partial charge in [0.1, 0.15) is 11.6 Å². The maximum absolute atomic E-state index is 13.8. The van der Waals surface area contributed by atoms with Gasteiger partial charge in [-0.15, -0.1) is 0 Å². The van der Waals surface area contributed by atoms with Gasteiger partial charge in [0.25, 0.3) is 0 Å². The number of hydrogen-bond acceptors (Lipinski definition) is 2. The summed E-state index contributed by atoms with van der Waals surface area (Å²) in [5.41, 5.74) is 4.22. The Bertz CT molecular complexity index is 970. The number of methoxy groups -OCH3 is 1. The first kappa shape index (κ1) is 20.1. The summed E-state index contributed by atoms with van der Waals surface area (Å²) < 4.78 is 19.2. The average Bonchev–Trinajstić information content (AvgIpc) is 3.00. The summed E-state index contributed by atoms with van der Waals surface area (Å²) >= 11 is 5.60. The van der Waals surface area contributed by atoms with E-state index in [4.69, 9.17) is 17.0 Å². The van der Waals surface area contributed by atoms with Gasteiger partial charge in [-0.3, -0.25) is 0 Å². The number of hydrogen-bond donors (Lipinski definition) is 2. The van der Waals surface area contributed by atoms with E-state index < -0.39 is 0 Å². The molecule has 3 aromatic rings. The van der Waals surface area contributed by atoms with E-state index in [2.05, 4.69) is 15.2 Å². The summed E-state index contributed by atoms with van der Waals surface area (Å²) in [6.45, 7) is 6.18. The van der Waals surface area contributed by atoms with Crippen LogP contribution in [0.1, 0.15) is 23.7 Å². The van der Waals surface area contributed by atoms with Gasteiger partial charge in [-0.2, -0.15) is 0 Å². The number of benzene rings is 2. The van der Waals surface area contributed by atoms with Crippen molar-refractivity contribution in [3.05, 3.63) is 65.1 Å². The molecule has 6 heteroatoms. The normalized spacial score (nSPS) is 10.9. The molecule has 4 nitrogen and oxygen atoms in total. The van der Waals surface area contributed by atoms with E-state index in [1.807, 2.05) is 38.1 Å².